The predicted molar refractivity (Wildman–Crippen MR) is 85.4 cm³/mol. The molecule has 24 heavy (non-hydrogen) atoms. The Hall–Kier alpha value is -2.67. The molecule has 0 fully saturated rings. The van der Waals surface area contributed by atoms with Gasteiger partial charge in [-0.1, -0.05) is 35.9 Å². The molecule has 0 saturated heterocycles. The van der Waals surface area contributed by atoms with Crippen molar-refractivity contribution in [3.05, 3.63) is 75.3 Å². The average Bonchev–Trinajstić information content (AvgIpc) is 2.54. The molecule has 8 heteroatoms. The first-order valence-electron chi connectivity index (χ1n) is 6.75. The molecule has 0 amide bonds. The lowest BCUT2D eigenvalue weighted by molar-refractivity contribution is -0.147. The highest BCUT2D eigenvalue weighted by atomic mass is 35.5. The molecule has 0 aliphatic carbocycles. The van der Waals surface area contributed by atoms with E-state index in [0.29, 0.717) is 10.6 Å². The molecule has 0 saturated carbocycles. The highest BCUT2D eigenvalue weighted by Crippen LogP contribution is 2.27. The maximum atomic E-state index is 13.2. The van der Waals surface area contributed by atoms with Crippen molar-refractivity contribution in [2.45, 2.75) is 6.18 Å². The van der Waals surface area contributed by atoms with Crippen LogP contribution in [0.5, 0.6) is 0 Å². The molecular formula is C16H9ClF3N3O. The number of halogens is 4. The molecule has 0 aliphatic rings. The number of hydrogen-bond donors (Lipinski definition) is 0. The second-order valence-corrected chi connectivity index (χ2v) is 5.30. The zero-order valence-electron chi connectivity index (χ0n) is 12.0. The Morgan fingerprint density at radius 2 is 1.75 bits per heavy atom. The van der Waals surface area contributed by atoms with Crippen LogP contribution in [0.3, 0.4) is 0 Å². The van der Waals surface area contributed by atoms with E-state index in [-0.39, 0.29) is 15.6 Å². The van der Waals surface area contributed by atoms with Crippen LogP contribution in [0.2, 0.25) is 5.02 Å². The fraction of sp³-hybridized carbons (Fsp3) is 0.0625. The average molecular weight is 352 g/mol. The number of fused-ring (bicyclic) bond motifs is 1. The lowest BCUT2D eigenvalue weighted by Gasteiger charge is -2.11. The summed E-state index contributed by atoms with van der Waals surface area (Å²) in [6, 6.07) is 12.1. The maximum absolute atomic E-state index is 13.2. The third-order valence-electron chi connectivity index (χ3n) is 3.20. The van der Waals surface area contributed by atoms with Gasteiger partial charge in [-0.2, -0.15) is 22.9 Å². The van der Waals surface area contributed by atoms with Gasteiger partial charge in [-0.25, -0.2) is 4.98 Å². The molecule has 0 spiro atoms. The summed E-state index contributed by atoms with van der Waals surface area (Å²) in [7, 11) is 0. The monoisotopic (exact) mass is 351 g/mol. The molecule has 0 aliphatic heterocycles. The van der Waals surface area contributed by atoms with E-state index in [1.165, 1.54) is 18.2 Å². The lowest BCUT2D eigenvalue weighted by atomic mass is 10.2. The van der Waals surface area contributed by atoms with Crippen LogP contribution >= 0.6 is 11.6 Å². The van der Waals surface area contributed by atoms with Gasteiger partial charge in [-0.3, -0.25) is 4.79 Å². The smallest absolute Gasteiger partial charge is 0.267 e. The molecule has 1 aromatic heterocycles. The predicted octanol–water partition coefficient (Wildman–Crippen LogP) is 3.95. The van der Waals surface area contributed by atoms with Crippen molar-refractivity contribution >= 4 is 28.7 Å². The summed E-state index contributed by atoms with van der Waals surface area (Å²) in [6.07, 6.45) is -3.68. The van der Waals surface area contributed by atoms with Gasteiger partial charge in [-0.05, 0) is 29.8 Å². The number of alkyl halides is 3. The molecule has 4 nitrogen and oxygen atoms in total. The van der Waals surface area contributed by atoms with Crippen LogP contribution in [0.15, 0.2) is 58.4 Å². The van der Waals surface area contributed by atoms with Gasteiger partial charge < -0.3 is 0 Å². The quantitative estimate of drug-likeness (QED) is 0.656. The fourth-order valence-electron chi connectivity index (χ4n) is 2.09. The van der Waals surface area contributed by atoms with E-state index in [9.17, 15) is 18.0 Å². The first kappa shape index (κ1) is 16.2. The minimum atomic E-state index is -4.82. The van der Waals surface area contributed by atoms with Gasteiger partial charge in [0, 0.05) is 5.02 Å². The van der Waals surface area contributed by atoms with E-state index in [2.05, 4.69) is 10.1 Å². The van der Waals surface area contributed by atoms with E-state index in [1.807, 2.05) is 0 Å². The van der Waals surface area contributed by atoms with Gasteiger partial charge >= 0.3 is 6.18 Å². The van der Waals surface area contributed by atoms with E-state index < -0.39 is 17.6 Å². The zero-order valence-corrected chi connectivity index (χ0v) is 12.7. The molecule has 0 N–H and O–H groups in total. The highest BCUT2D eigenvalue weighted by molar-refractivity contribution is 6.30. The van der Waals surface area contributed by atoms with Gasteiger partial charge in [0.05, 0.1) is 17.1 Å². The number of nitrogens with zero attached hydrogens (tertiary/aromatic N) is 3. The molecular weight excluding hydrogens is 343 g/mol. The molecule has 0 bridgehead atoms. The summed E-state index contributed by atoms with van der Waals surface area (Å²) in [5.41, 5.74) is -0.432. The first-order valence-corrected chi connectivity index (χ1v) is 7.13. The molecule has 3 aromatic rings. The minimum Gasteiger partial charge on any atom is -0.267 e. The largest absolute Gasteiger partial charge is 0.451 e. The molecule has 3 rings (SSSR count). The third-order valence-corrected chi connectivity index (χ3v) is 3.45. The SMILES string of the molecule is O=c1c2ccccc2nc(C(F)(F)F)n1/N=C/c1ccc(Cl)cc1. The maximum Gasteiger partial charge on any atom is 0.451 e. The Balaban J connectivity index is 2.19. The van der Waals surface area contributed by atoms with Crippen molar-refractivity contribution in [2.75, 3.05) is 0 Å². The van der Waals surface area contributed by atoms with Gasteiger partial charge in [-0.15, -0.1) is 0 Å². The highest BCUT2D eigenvalue weighted by Gasteiger charge is 2.37. The van der Waals surface area contributed by atoms with Crippen LogP contribution in [0.4, 0.5) is 13.2 Å². The van der Waals surface area contributed by atoms with Gasteiger partial charge in [0.2, 0.25) is 5.82 Å². The standard InChI is InChI=1S/C16H9ClF3N3O/c17-11-7-5-10(6-8-11)9-21-23-14(24)12-3-1-2-4-13(12)22-15(23)16(18,19)20/h1-9H/b21-9+. The Bertz CT molecular complexity index is 979. The van der Waals surface area contributed by atoms with E-state index in [1.54, 1.807) is 30.3 Å². The van der Waals surface area contributed by atoms with Gasteiger partial charge in [0.1, 0.15) is 0 Å². The van der Waals surface area contributed by atoms with Crippen LogP contribution in [0.25, 0.3) is 10.9 Å². The lowest BCUT2D eigenvalue weighted by Crippen LogP contribution is -2.27. The molecule has 0 unspecified atom stereocenters. The second-order valence-electron chi connectivity index (χ2n) is 4.86. The van der Waals surface area contributed by atoms with Crippen LogP contribution < -0.4 is 5.56 Å². The number of benzene rings is 2. The molecule has 1 heterocycles. The second kappa shape index (κ2) is 6.09. The van der Waals surface area contributed by atoms with Crippen LogP contribution in [-0.2, 0) is 6.18 Å². The topological polar surface area (TPSA) is 47.2 Å². The summed E-state index contributed by atoms with van der Waals surface area (Å²) >= 11 is 5.75. The summed E-state index contributed by atoms with van der Waals surface area (Å²) in [5.74, 6) is -1.38. The summed E-state index contributed by atoms with van der Waals surface area (Å²) in [5, 5.41) is 4.21. The van der Waals surface area contributed by atoms with Crippen LogP contribution in [0.1, 0.15) is 11.4 Å². The van der Waals surface area contributed by atoms with Gasteiger partial charge in [0.25, 0.3) is 5.56 Å². The van der Waals surface area contributed by atoms with Crippen molar-refractivity contribution < 1.29 is 13.2 Å². The van der Waals surface area contributed by atoms with E-state index >= 15 is 0 Å². The van der Waals surface area contributed by atoms with Crippen LogP contribution in [0, 0.1) is 0 Å². The summed E-state index contributed by atoms with van der Waals surface area (Å²) < 4.78 is 39.9. The Kier molecular flexibility index (Phi) is 4.11. The van der Waals surface area contributed by atoms with E-state index in [0.717, 1.165) is 6.21 Å². The summed E-state index contributed by atoms with van der Waals surface area (Å²) in [4.78, 5) is 15.9. The third kappa shape index (κ3) is 3.16. The first-order chi connectivity index (χ1) is 11.4. The van der Waals surface area contributed by atoms with Crippen molar-refractivity contribution in [1.29, 1.82) is 0 Å². The van der Waals surface area contributed by atoms with Crippen molar-refractivity contribution in [2.24, 2.45) is 5.10 Å². The Morgan fingerprint density at radius 1 is 1.08 bits per heavy atom. The molecule has 122 valence electrons. The van der Waals surface area contributed by atoms with E-state index in [4.69, 9.17) is 11.6 Å². The number of hydrogen-bond acceptors (Lipinski definition) is 3. The Morgan fingerprint density at radius 3 is 2.42 bits per heavy atom. The molecule has 0 atom stereocenters. The van der Waals surface area contributed by atoms with Crippen molar-refractivity contribution in [1.82, 2.24) is 9.66 Å². The van der Waals surface area contributed by atoms with Crippen molar-refractivity contribution in [3.63, 3.8) is 0 Å². The summed E-state index contributed by atoms with van der Waals surface area (Å²) in [6.45, 7) is 0. The zero-order chi connectivity index (χ0) is 17.3. The van der Waals surface area contributed by atoms with Crippen LogP contribution in [-0.4, -0.2) is 15.9 Å². The van der Waals surface area contributed by atoms with Crippen molar-refractivity contribution in [3.8, 4) is 0 Å². The number of para-hydroxylation sites is 1. The fourth-order valence-corrected chi connectivity index (χ4v) is 2.21. The normalized spacial score (nSPS) is 12.2. The molecule has 0 radical (unpaired) electrons. The number of aromatic nitrogens is 2. The number of rotatable bonds is 2. The minimum absolute atomic E-state index is 0.0345. The molecule has 2 aromatic carbocycles. The Labute approximate surface area is 138 Å². The van der Waals surface area contributed by atoms with Gasteiger partial charge in [0.15, 0.2) is 0 Å².